The molecule has 0 aliphatic rings. The number of carbonyl (C=O) groups is 1. The highest BCUT2D eigenvalue weighted by Gasteiger charge is 2.50. The molecule has 0 amide bonds. The van der Waals surface area contributed by atoms with E-state index in [0.717, 1.165) is 5.56 Å². The second-order valence-corrected chi connectivity index (χ2v) is 6.18. The highest BCUT2D eigenvalue weighted by Crippen LogP contribution is 2.40. The number of esters is 1. The molecule has 3 rings (SSSR count). The molecule has 4 nitrogen and oxygen atoms in total. The van der Waals surface area contributed by atoms with Crippen LogP contribution in [0.3, 0.4) is 0 Å². The lowest BCUT2D eigenvalue weighted by Crippen LogP contribution is -2.45. The molecule has 0 heterocycles. The SMILES string of the molecule is COC(=O)[C@](OCc1ccccc1)(c1ccccc1)[C@@H](O)c1ccccc1. The topological polar surface area (TPSA) is 55.8 Å². The number of methoxy groups -OCH3 is 1. The monoisotopic (exact) mass is 362 g/mol. The zero-order chi connectivity index (χ0) is 19.1. The van der Waals surface area contributed by atoms with E-state index in [-0.39, 0.29) is 6.61 Å². The van der Waals surface area contributed by atoms with Crippen molar-refractivity contribution in [3.63, 3.8) is 0 Å². The molecule has 4 heteroatoms. The van der Waals surface area contributed by atoms with Gasteiger partial charge in [0.05, 0.1) is 13.7 Å². The number of ether oxygens (including phenoxy) is 2. The van der Waals surface area contributed by atoms with Crippen molar-refractivity contribution in [3.05, 3.63) is 108 Å². The van der Waals surface area contributed by atoms with E-state index in [4.69, 9.17) is 9.47 Å². The van der Waals surface area contributed by atoms with Gasteiger partial charge in [-0.05, 0) is 16.7 Å². The van der Waals surface area contributed by atoms with Gasteiger partial charge in [0.2, 0.25) is 5.60 Å². The van der Waals surface area contributed by atoms with Gasteiger partial charge in [-0.2, -0.15) is 0 Å². The molecule has 1 N–H and O–H groups in total. The van der Waals surface area contributed by atoms with Crippen LogP contribution in [-0.2, 0) is 26.5 Å². The first-order valence-electron chi connectivity index (χ1n) is 8.73. The number of hydrogen-bond donors (Lipinski definition) is 1. The zero-order valence-electron chi connectivity index (χ0n) is 15.1. The lowest BCUT2D eigenvalue weighted by Gasteiger charge is -2.36. The quantitative estimate of drug-likeness (QED) is 0.646. The minimum absolute atomic E-state index is 0.148. The fraction of sp³-hybridized carbons (Fsp3) is 0.174. The Morgan fingerprint density at radius 3 is 1.96 bits per heavy atom. The van der Waals surface area contributed by atoms with Gasteiger partial charge in [-0.1, -0.05) is 91.0 Å². The Morgan fingerprint density at radius 2 is 1.41 bits per heavy atom. The maximum atomic E-state index is 13.0. The van der Waals surface area contributed by atoms with Gasteiger partial charge in [-0.3, -0.25) is 0 Å². The van der Waals surface area contributed by atoms with Gasteiger partial charge in [0, 0.05) is 0 Å². The van der Waals surface area contributed by atoms with Crippen LogP contribution in [0.2, 0.25) is 0 Å². The van der Waals surface area contributed by atoms with E-state index in [1.54, 1.807) is 36.4 Å². The minimum atomic E-state index is -1.69. The second kappa shape index (κ2) is 8.62. The molecule has 3 aromatic rings. The van der Waals surface area contributed by atoms with Crippen molar-refractivity contribution in [2.45, 2.75) is 18.3 Å². The second-order valence-electron chi connectivity index (χ2n) is 6.18. The number of carbonyl (C=O) groups excluding carboxylic acids is 1. The smallest absolute Gasteiger partial charge is 0.346 e. The maximum Gasteiger partial charge on any atom is 0.346 e. The lowest BCUT2D eigenvalue weighted by molar-refractivity contribution is -0.194. The van der Waals surface area contributed by atoms with Crippen LogP contribution in [0.5, 0.6) is 0 Å². The van der Waals surface area contributed by atoms with E-state index in [2.05, 4.69) is 0 Å². The first kappa shape index (κ1) is 18.8. The molecule has 138 valence electrons. The van der Waals surface area contributed by atoms with E-state index in [1.165, 1.54) is 7.11 Å². The fourth-order valence-electron chi connectivity index (χ4n) is 3.09. The van der Waals surface area contributed by atoms with Crippen LogP contribution in [0.1, 0.15) is 22.8 Å². The van der Waals surface area contributed by atoms with Crippen LogP contribution in [-0.4, -0.2) is 18.2 Å². The molecule has 0 radical (unpaired) electrons. The minimum Gasteiger partial charge on any atom is -0.467 e. The van der Waals surface area contributed by atoms with E-state index < -0.39 is 17.7 Å². The summed E-state index contributed by atoms with van der Waals surface area (Å²) >= 11 is 0. The van der Waals surface area contributed by atoms with Crippen LogP contribution in [0.25, 0.3) is 0 Å². The third-order valence-corrected chi connectivity index (χ3v) is 4.50. The van der Waals surface area contributed by atoms with Crippen molar-refractivity contribution < 1.29 is 19.4 Å². The molecule has 3 aromatic carbocycles. The highest BCUT2D eigenvalue weighted by molar-refractivity contribution is 5.82. The normalized spacial score (nSPS) is 14.1. The fourth-order valence-corrected chi connectivity index (χ4v) is 3.09. The first-order valence-corrected chi connectivity index (χ1v) is 8.73. The maximum absolute atomic E-state index is 13.0. The predicted molar refractivity (Wildman–Crippen MR) is 103 cm³/mol. The molecule has 2 atom stereocenters. The third-order valence-electron chi connectivity index (χ3n) is 4.50. The molecule has 0 spiro atoms. The molecule has 0 fully saturated rings. The molecular weight excluding hydrogens is 340 g/mol. The number of benzene rings is 3. The van der Waals surface area contributed by atoms with Crippen molar-refractivity contribution in [2.75, 3.05) is 7.11 Å². The van der Waals surface area contributed by atoms with E-state index in [9.17, 15) is 9.90 Å². The van der Waals surface area contributed by atoms with Crippen LogP contribution >= 0.6 is 0 Å². The molecule has 0 aliphatic carbocycles. The number of aliphatic hydroxyl groups excluding tert-OH is 1. The van der Waals surface area contributed by atoms with Gasteiger partial charge in [-0.15, -0.1) is 0 Å². The van der Waals surface area contributed by atoms with E-state index in [1.807, 2.05) is 54.6 Å². The van der Waals surface area contributed by atoms with Crippen LogP contribution in [0.4, 0.5) is 0 Å². The summed E-state index contributed by atoms with van der Waals surface area (Å²) in [7, 11) is 1.30. The summed E-state index contributed by atoms with van der Waals surface area (Å²) in [5.74, 6) is -0.652. The molecule has 0 unspecified atom stereocenters. The van der Waals surface area contributed by atoms with Gasteiger partial charge < -0.3 is 14.6 Å². The Kier molecular flexibility index (Phi) is 6.01. The van der Waals surface area contributed by atoms with Crippen molar-refractivity contribution in [1.82, 2.24) is 0 Å². The van der Waals surface area contributed by atoms with Gasteiger partial charge in [0.25, 0.3) is 0 Å². The third kappa shape index (κ3) is 3.92. The summed E-state index contributed by atoms with van der Waals surface area (Å²) < 4.78 is 11.2. The largest absolute Gasteiger partial charge is 0.467 e. The summed E-state index contributed by atoms with van der Waals surface area (Å²) in [5, 5.41) is 11.2. The van der Waals surface area contributed by atoms with Crippen molar-refractivity contribution >= 4 is 5.97 Å². The Bertz CT molecular complexity index is 849. The van der Waals surface area contributed by atoms with Crippen molar-refractivity contribution in [3.8, 4) is 0 Å². The number of aliphatic hydroxyl groups is 1. The first-order chi connectivity index (χ1) is 13.2. The number of rotatable bonds is 7. The Hall–Kier alpha value is -2.95. The van der Waals surface area contributed by atoms with Crippen LogP contribution < -0.4 is 0 Å². The lowest BCUT2D eigenvalue weighted by atomic mass is 9.84. The average molecular weight is 362 g/mol. The summed E-state index contributed by atoms with van der Waals surface area (Å²) in [6.45, 7) is 0.148. The highest BCUT2D eigenvalue weighted by atomic mass is 16.6. The van der Waals surface area contributed by atoms with Gasteiger partial charge in [0.15, 0.2) is 0 Å². The number of hydrogen-bond acceptors (Lipinski definition) is 4. The predicted octanol–water partition coefficient (Wildman–Crippen LogP) is 4.01. The molecule has 0 saturated carbocycles. The molecule has 0 saturated heterocycles. The van der Waals surface area contributed by atoms with Gasteiger partial charge in [-0.25, -0.2) is 4.79 Å². The standard InChI is InChI=1S/C23H22O4/c1-26-22(25)23(20-15-9-4-10-16-20,21(24)19-13-7-3-8-14-19)27-17-18-11-5-2-6-12-18/h2-16,21,24H,17H2,1H3/t21-,23-/m0/s1. The van der Waals surface area contributed by atoms with Crippen LogP contribution in [0, 0.1) is 0 Å². The van der Waals surface area contributed by atoms with Crippen molar-refractivity contribution in [2.24, 2.45) is 0 Å². The summed E-state index contributed by atoms with van der Waals surface area (Å²) in [4.78, 5) is 13.0. The zero-order valence-corrected chi connectivity index (χ0v) is 15.1. The molecule has 27 heavy (non-hydrogen) atoms. The molecule has 0 aromatic heterocycles. The Morgan fingerprint density at radius 1 is 0.889 bits per heavy atom. The average Bonchev–Trinajstić information content (AvgIpc) is 2.75. The Balaban J connectivity index is 2.08. The molecular formula is C23H22O4. The summed E-state index contributed by atoms with van der Waals surface area (Å²) in [5.41, 5.74) is 0.304. The van der Waals surface area contributed by atoms with E-state index >= 15 is 0 Å². The van der Waals surface area contributed by atoms with Crippen LogP contribution in [0.15, 0.2) is 91.0 Å². The Labute approximate surface area is 159 Å². The summed E-state index contributed by atoms with van der Waals surface area (Å²) in [6.07, 6.45) is -1.24. The van der Waals surface area contributed by atoms with Gasteiger partial charge in [0.1, 0.15) is 6.10 Å². The van der Waals surface area contributed by atoms with Gasteiger partial charge >= 0.3 is 5.97 Å². The van der Waals surface area contributed by atoms with Crippen molar-refractivity contribution in [1.29, 1.82) is 0 Å². The molecule has 0 bridgehead atoms. The summed E-state index contributed by atoms with van der Waals surface area (Å²) in [6, 6.07) is 27.5. The van der Waals surface area contributed by atoms with E-state index in [0.29, 0.717) is 11.1 Å². The molecule has 0 aliphatic heterocycles.